The summed E-state index contributed by atoms with van der Waals surface area (Å²) in [5.74, 6) is -0.00596. The van der Waals surface area contributed by atoms with Gasteiger partial charge in [-0.05, 0) is 94.8 Å². The monoisotopic (exact) mass is 1060 g/mol. The number of aliphatic hydroxyl groups excluding tert-OH is 1. The molecule has 7 heterocycles. The van der Waals surface area contributed by atoms with Crippen molar-refractivity contribution in [3.8, 4) is 15.4 Å². The number of thiazole rings is 1. The van der Waals surface area contributed by atoms with E-state index in [0.717, 1.165) is 59.8 Å². The molecular weight excluding hydrogens is 998 g/mol. The van der Waals surface area contributed by atoms with Crippen LogP contribution in [0.25, 0.3) is 15.4 Å². The first-order valence-electron chi connectivity index (χ1n) is 25.5. The molecule has 392 valence electrons. The minimum absolute atomic E-state index is 0.0212. The predicted octanol–water partition coefficient (Wildman–Crippen LogP) is 6.37. The van der Waals surface area contributed by atoms with Gasteiger partial charge in [-0.2, -0.15) is 0 Å². The zero-order valence-corrected chi connectivity index (χ0v) is 45.7. The third-order valence-electron chi connectivity index (χ3n) is 15.0. The summed E-state index contributed by atoms with van der Waals surface area (Å²) in [6.45, 7) is 18.3. The van der Waals surface area contributed by atoms with Crippen LogP contribution in [0, 0.1) is 39.0 Å². The SMILES string of the molecule is Cc1ncsc1-c1ccc([C@H](C)NC(=O)[C@@H]2C[C@@H](O)CN2C(=O)[C@@H](NC(=O)CN2CCC(C(=O)N3CCN(C(=O)C[C@@H]4N=C(c5ccc(Cl)cc5)c5c(sc(C)c5C)-n5c(C)nnc54)CC3)CC2)C(C)(C)C)cc1. The number of carbonyl (C=O) groups is 5. The van der Waals surface area contributed by atoms with Crippen molar-refractivity contribution < 1.29 is 29.1 Å². The number of piperidine rings is 1. The Kier molecular flexibility index (Phi) is 15.6. The molecule has 0 bridgehead atoms. The molecule has 3 fully saturated rings. The second-order valence-electron chi connectivity index (χ2n) is 21.2. The van der Waals surface area contributed by atoms with Crippen LogP contribution in [0.4, 0.5) is 0 Å². The highest BCUT2D eigenvalue weighted by Crippen LogP contribution is 2.40. The number of nitrogens with one attached hydrogen (secondary N) is 2. The van der Waals surface area contributed by atoms with Gasteiger partial charge in [0.15, 0.2) is 5.82 Å². The number of amides is 5. The number of β-amino-alcohol motifs (C(OH)–C–C–N with tert-alkyl or cyclic N) is 1. The Labute approximate surface area is 445 Å². The Hall–Kier alpha value is -5.86. The number of halogens is 1. The van der Waals surface area contributed by atoms with Gasteiger partial charge in [0, 0.05) is 66.1 Å². The molecule has 9 rings (SSSR count). The van der Waals surface area contributed by atoms with E-state index in [1.165, 1.54) is 4.90 Å². The minimum atomic E-state index is -0.959. The summed E-state index contributed by atoms with van der Waals surface area (Å²) in [7, 11) is 0. The van der Waals surface area contributed by atoms with Crippen molar-refractivity contribution in [2.45, 2.75) is 111 Å². The number of piperazine rings is 1. The molecule has 0 aliphatic carbocycles. The zero-order chi connectivity index (χ0) is 52.7. The van der Waals surface area contributed by atoms with Crippen LogP contribution in [-0.2, 0) is 24.0 Å². The normalized spacial score (nSPS) is 20.3. The van der Waals surface area contributed by atoms with Crippen LogP contribution in [0.2, 0.25) is 5.02 Å². The molecule has 0 saturated carbocycles. The lowest BCUT2D eigenvalue weighted by molar-refractivity contribution is -0.144. The largest absolute Gasteiger partial charge is 0.391 e. The van der Waals surface area contributed by atoms with Crippen molar-refractivity contribution in [3.63, 3.8) is 0 Å². The summed E-state index contributed by atoms with van der Waals surface area (Å²) in [5, 5.41) is 27.4. The number of aliphatic imine (C=N–C) groups is 1. The Bertz CT molecular complexity index is 2950. The number of aromatic nitrogens is 4. The maximum atomic E-state index is 14.3. The van der Waals surface area contributed by atoms with E-state index in [2.05, 4.69) is 39.7 Å². The molecule has 2 aromatic carbocycles. The van der Waals surface area contributed by atoms with Crippen molar-refractivity contribution in [1.29, 1.82) is 0 Å². The average Bonchev–Trinajstić information content (AvgIpc) is 4.15. The van der Waals surface area contributed by atoms with Crippen molar-refractivity contribution in [3.05, 3.63) is 104 Å². The van der Waals surface area contributed by atoms with Crippen LogP contribution < -0.4 is 10.6 Å². The second kappa shape index (κ2) is 21.8. The van der Waals surface area contributed by atoms with Crippen molar-refractivity contribution in [2.24, 2.45) is 16.3 Å². The second-order valence-corrected chi connectivity index (χ2v) is 23.7. The quantitative estimate of drug-likeness (QED) is 0.126. The lowest BCUT2D eigenvalue weighted by Crippen LogP contribution is -2.59. The molecule has 5 amide bonds. The predicted molar refractivity (Wildman–Crippen MR) is 287 cm³/mol. The number of fused-ring (bicyclic) bond motifs is 3. The molecule has 0 radical (unpaired) electrons. The highest BCUT2D eigenvalue weighted by atomic mass is 35.5. The van der Waals surface area contributed by atoms with Crippen LogP contribution in [0.5, 0.6) is 0 Å². The Balaban J connectivity index is 0.760. The van der Waals surface area contributed by atoms with Gasteiger partial charge in [-0.25, -0.2) is 4.98 Å². The number of hydrogen-bond acceptors (Lipinski definition) is 13. The number of rotatable bonds is 12. The van der Waals surface area contributed by atoms with Crippen LogP contribution in [0.1, 0.15) is 110 Å². The fraction of sp³-hybridized carbons (Fsp3) is 0.500. The number of carbonyl (C=O) groups excluding carboxylic acids is 5. The number of aliphatic hydroxyl groups is 1. The van der Waals surface area contributed by atoms with E-state index < -0.39 is 35.6 Å². The van der Waals surface area contributed by atoms with Crippen LogP contribution >= 0.6 is 34.3 Å². The van der Waals surface area contributed by atoms with E-state index >= 15 is 0 Å². The topological polar surface area (TPSA) is 199 Å². The van der Waals surface area contributed by atoms with Gasteiger partial charge in [0.05, 0.1) is 46.9 Å². The molecular formula is C54H66ClN11O6S2. The third kappa shape index (κ3) is 11.1. The first-order valence-corrected chi connectivity index (χ1v) is 27.6. The molecule has 5 atom stereocenters. The smallest absolute Gasteiger partial charge is 0.246 e. The molecule has 4 aliphatic rings. The Morgan fingerprint density at radius 3 is 2.18 bits per heavy atom. The lowest BCUT2D eigenvalue weighted by atomic mass is 9.85. The van der Waals surface area contributed by atoms with Crippen LogP contribution in [0.15, 0.2) is 59.0 Å². The van der Waals surface area contributed by atoms with Gasteiger partial charge in [-0.15, -0.1) is 32.9 Å². The summed E-state index contributed by atoms with van der Waals surface area (Å²) >= 11 is 9.53. The lowest BCUT2D eigenvalue weighted by Gasteiger charge is -2.39. The number of nitrogens with zero attached hydrogens (tertiary/aromatic N) is 9. The fourth-order valence-corrected chi connectivity index (χ4v) is 12.8. The van der Waals surface area contributed by atoms with E-state index in [-0.39, 0.29) is 61.5 Å². The average molecular weight is 1060 g/mol. The molecule has 3 N–H and O–H groups in total. The highest BCUT2D eigenvalue weighted by molar-refractivity contribution is 7.15. The van der Waals surface area contributed by atoms with E-state index in [0.29, 0.717) is 63.0 Å². The molecule has 0 unspecified atom stereocenters. The number of aryl methyl sites for hydroxylation is 3. The molecule has 74 heavy (non-hydrogen) atoms. The zero-order valence-electron chi connectivity index (χ0n) is 43.4. The number of thiophene rings is 1. The van der Waals surface area contributed by atoms with Crippen molar-refractivity contribution >= 4 is 69.5 Å². The summed E-state index contributed by atoms with van der Waals surface area (Å²) in [5.41, 5.74) is 7.81. The molecule has 20 heteroatoms. The van der Waals surface area contributed by atoms with Crippen molar-refractivity contribution in [2.75, 3.05) is 52.4 Å². The standard InChI is InChI=1S/C54H66ClN11O6S2/c1-30-33(4)74-53-45(30)46(36-13-15-39(55)16-14-36)58-41(49-61-60-34(5)66(49)53)26-44(69)63-21-23-64(24-22-63)51(71)38-17-19-62(20-18-38)28-43(68)59-48(54(6,7)8)52(72)65-27-40(67)25-42(65)50(70)57-31(2)35-9-11-37(12-10-35)47-32(3)56-29-73-47/h9-16,29,31,38,40-42,48,67H,17-28H2,1-8H3,(H,57,70)(H,59,68)/t31-,40+,41-,42-,48+/m0/s1. The molecule has 3 aromatic heterocycles. The van der Waals surface area contributed by atoms with Crippen LogP contribution in [0.3, 0.4) is 0 Å². The number of benzene rings is 2. The first kappa shape index (κ1) is 53.0. The highest BCUT2D eigenvalue weighted by Gasteiger charge is 2.45. The Morgan fingerprint density at radius 2 is 1.53 bits per heavy atom. The minimum Gasteiger partial charge on any atom is -0.391 e. The van der Waals surface area contributed by atoms with Gasteiger partial charge in [0.25, 0.3) is 0 Å². The summed E-state index contributed by atoms with van der Waals surface area (Å²) in [6.07, 6.45) is 0.440. The summed E-state index contributed by atoms with van der Waals surface area (Å²) < 4.78 is 2.04. The van der Waals surface area contributed by atoms with Gasteiger partial charge in [0.2, 0.25) is 29.5 Å². The maximum Gasteiger partial charge on any atom is 0.246 e. The number of hydrogen-bond donors (Lipinski definition) is 3. The van der Waals surface area contributed by atoms with Gasteiger partial charge in [0.1, 0.15) is 29.0 Å². The summed E-state index contributed by atoms with van der Waals surface area (Å²) in [6, 6.07) is 12.7. The first-order chi connectivity index (χ1) is 35.2. The van der Waals surface area contributed by atoms with Gasteiger partial charge < -0.3 is 30.4 Å². The fourth-order valence-electron chi connectivity index (χ4n) is 10.6. The van der Waals surface area contributed by atoms with Gasteiger partial charge in [-0.3, -0.25) is 38.4 Å². The van der Waals surface area contributed by atoms with E-state index in [1.807, 2.05) is 115 Å². The van der Waals surface area contributed by atoms with E-state index in [4.69, 9.17) is 16.6 Å². The maximum absolute atomic E-state index is 14.3. The molecule has 0 spiro atoms. The van der Waals surface area contributed by atoms with Gasteiger partial charge in [-0.1, -0.05) is 68.8 Å². The van der Waals surface area contributed by atoms with Crippen molar-refractivity contribution in [1.82, 2.24) is 50.0 Å². The molecule has 4 aliphatic heterocycles. The molecule has 5 aromatic rings. The summed E-state index contributed by atoms with van der Waals surface area (Å²) in [4.78, 5) is 88.8. The van der Waals surface area contributed by atoms with Gasteiger partial charge >= 0.3 is 0 Å². The van der Waals surface area contributed by atoms with Crippen LogP contribution in [-0.4, -0.2) is 150 Å². The molecule has 3 saturated heterocycles. The third-order valence-corrected chi connectivity index (χ3v) is 17.5. The molecule has 17 nitrogen and oxygen atoms in total. The van der Waals surface area contributed by atoms with E-state index in [9.17, 15) is 29.1 Å². The Morgan fingerprint density at radius 1 is 0.865 bits per heavy atom. The van der Waals surface area contributed by atoms with E-state index in [1.54, 1.807) is 22.7 Å². The number of likely N-dealkylation sites (tertiary alicyclic amines) is 2.